The van der Waals surface area contributed by atoms with Gasteiger partial charge in [-0.1, -0.05) is 11.6 Å². The number of aromatic nitrogens is 1. The zero-order chi connectivity index (χ0) is 18.2. The Hall–Kier alpha value is -2.75. The van der Waals surface area contributed by atoms with Crippen LogP contribution in [0.25, 0.3) is 0 Å². The number of benzene rings is 1. The second-order valence-electron chi connectivity index (χ2n) is 5.09. The van der Waals surface area contributed by atoms with Gasteiger partial charge in [0, 0.05) is 10.6 Å². The van der Waals surface area contributed by atoms with E-state index in [1.807, 2.05) is 0 Å². The number of oxazole rings is 1. The minimum absolute atomic E-state index is 0.00921. The van der Waals surface area contributed by atoms with Crippen LogP contribution in [-0.4, -0.2) is 29.7 Å². The fourth-order valence-electron chi connectivity index (χ4n) is 2.37. The van der Waals surface area contributed by atoms with E-state index in [0.717, 1.165) is 18.7 Å². The fraction of sp³-hybridized carbons (Fsp3) is 0.214. The molecule has 0 saturated heterocycles. The van der Waals surface area contributed by atoms with Crippen molar-refractivity contribution in [3.05, 3.63) is 47.1 Å². The summed E-state index contributed by atoms with van der Waals surface area (Å²) in [5.41, 5.74) is -3.86. The quantitative estimate of drug-likeness (QED) is 0.860. The van der Waals surface area contributed by atoms with Crippen molar-refractivity contribution in [1.82, 2.24) is 10.3 Å². The summed E-state index contributed by atoms with van der Waals surface area (Å²) in [7, 11) is 0. The highest BCUT2D eigenvalue weighted by Crippen LogP contribution is 2.47. The topological polar surface area (TPSA) is 93.5 Å². The molecule has 1 aromatic carbocycles. The molecule has 2 amide bonds. The van der Waals surface area contributed by atoms with Gasteiger partial charge in [0.1, 0.15) is 6.26 Å². The number of halogens is 4. The smallest absolute Gasteiger partial charge is 0.434 e. The molecule has 1 aliphatic rings. The predicted molar refractivity (Wildman–Crippen MR) is 78.1 cm³/mol. The van der Waals surface area contributed by atoms with Gasteiger partial charge >= 0.3 is 12.3 Å². The van der Waals surface area contributed by atoms with Gasteiger partial charge < -0.3 is 14.5 Å². The van der Waals surface area contributed by atoms with Gasteiger partial charge in [0.15, 0.2) is 12.1 Å². The number of rotatable bonds is 3. The number of cyclic esters (lactones) is 1. The van der Waals surface area contributed by atoms with E-state index in [-0.39, 0.29) is 16.4 Å². The van der Waals surface area contributed by atoms with Crippen molar-refractivity contribution in [1.29, 1.82) is 0 Å². The molecule has 132 valence electrons. The highest BCUT2D eigenvalue weighted by atomic mass is 35.5. The van der Waals surface area contributed by atoms with E-state index in [4.69, 9.17) is 11.6 Å². The first-order chi connectivity index (χ1) is 11.7. The maximum Gasteiger partial charge on any atom is 0.434 e. The second kappa shape index (κ2) is 5.96. The number of alkyl halides is 3. The Morgan fingerprint density at radius 1 is 1.40 bits per heavy atom. The number of amides is 2. The third kappa shape index (κ3) is 3.00. The van der Waals surface area contributed by atoms with E-state index in [2.05, 4.69) is 24.8 Å². The molecule has 0 spiro atoms. The normalized spacial score (nSPS) is 19.6. The van der Waals surface area contributed by atoms with Crippen LogP contribution in [0.2, 0.25) is 5.02 Å². The molecule has 7 nitrogen and oxygen atoms in total. The SMILES string of the molecule is O=C1Nc2ccc(Cl)cc2C(CNC(=O)c2cocn2)(C(F)(F)F)O1. The number of hydrogen-bond acceptors (Lipinski definition) is 5. The predicted octanol–water partition coefficient (Wildman–Crippen LogP) is 3.08. The average Bonchev–Trinajstić information content (AvgIpc) is 3.06. The molecule has 11 heteroatoms. The lowest BCUT2D eigenvalue weighted by Gasteiger charge is -2.39. The minimum atomic E-state index is -5.03. The molecule has 3 rings (SSSR count). The lowest BCUT2D eigenvalue weighted by molar-refractivity contribution is -0.261. The first-order valence-electron chi connectivity index (χ1n) is 6.76. The molecule has 1 unspecified atom stereocenters. The van der Waals surface area contributed by atoms with E-state index < -0.39 is 35.9 Å². The van der Waals surface area contributed by atoms with Crippen LogP contribution in [-0.2, 0) is 10.3 Å². The van der Waals surface area contributed by atoms with Crippen molar-refractivity contribution in [2.45, 2.75) is 11.8 Å². The van der Waals surface area contributed by atoms with Gasteiger partial charge in [-0.15, -0.1) is 0 Å². The van der Waals surface area contributed by atoms with E-state index >= 15 is 0 Å². The molecule has 1 atom stereocenters. The molecule has 2 aromatic rings. The van der Waals surface area contributed by atoms with Crippen molar-refractivity contribution in [3.63, 3.8) is 0 Å². The number of anilines is 1. The van der Waals surface area contributed by atoms with Crippen molar-refractivity contribution >= 4 is 29.3 Å². The van der Waals surface area contributed by atoms with Crippen LogP contribution in [0.4, 0.5) is 23.7 Å². The molecule has 1 aromatic heterocycles. The Bertz CT molecular complexity index is 825. The number of ether oxygens (including phenoxy) is 1. The van der Waals surface area contributed by atoms with Crippen LogP contribution in [0.3, 0.4) is 0 Å². The summed E-state index contributed by atoms with van der Waals surface area (Å²) in [5.74, 6) is -0.921. The zero-order valence-corrected chi connectivity index (χ0v) is 12.9. The van der Waals surface area contributed by atoms with Crippen LogP contribution in [0.1, 0.15) is 16.1 Å². The third-order valence-corrected chi connectivity index (χ3v) is 3.78. The number of nitrogens with zero attached hydrogens (tertiary/aromatic N) is 1. The molecule has 0 bridgehead atoms. The Morgan fingerprint density at radius 2 is 2.16 bits per heavy atom. The van der Waals surface area contributed by atoms with Crippen LogP contribution < -0.4 is 10.6 Å². The van der Waals surface area contributed by atoms with Crippen molar-refractivity contribution in [2.75, 3.05) is 11.9 Å². The van der Waals surface area contributed by atoms with E-state index in [0.29, 0.717) is 0 Å². The summed E-state index contributed by atoms with van der Waals surface area (Å²) < 4.78 is 50.7. The number of carbonyl (C=O) groups is 2. The number of hydrogen-bond donors (Lipinski definition) is 2. The standard InChI is InChI=1S/C14H9ClF3N3O4/c15-7-1-2-9-8(3-7)13(14(16,17)18,25-12(23)21-9)5-19-11(22)10-4-24-6-20-10/h1-4,6H,5H2,(H,19,22)(H,21,23). The van der Waals surface area contributed by atoms with E-state index in [1.54, 1.807) is 0 Å². The summed E-state index contributed by atoms with van der Waals surface area (Å²) in [6, 6.07) is 3.56. The van der Waals surface area contributed by atoms with Crippen molar-refractivity contribution < 1.29 is 31.9 Å². The molecular weight excluding hydrogens is 367 g/mol. The third-order valence-electron chi connectivity index (χ3n) is 3.54. The van der Waals surface area contributed by atoms with Gasteiger partial charge in [0.05, 0.1) is 12.2 Å². The highest BCUT2D eigenvalue weighted by molar-refractivity contribution is 6.30. The Kier molecular flexibility index (Phi) is 4.07. The second-order valence-corrected chi connectivity index (χ2v) is 5.52. The largest absolute Gasteiger partial charge is 0.451 e. The summed E-state index contributed by atoms with van der Waals surface area (Å²) in [6.45, 7) is -1.07. The zero-order valence-electron chi connectivity index (χ0n) is 12.2. The molecule has 0 saturated carbocycles. The van der Waals surface area contributed by atoms with Crippen LogP contribution in [0, 0.1) is 0 Å². The average molecular weight is 376 g/mol. The van der Waals surface area contributed by atoms with Crippen LogP contribution in [0.5, 0.6) is 0 Å². The Balaban J connectivity index is 2.01. The maximum atomic E-state index is 13.8. The molecule has 0 radical (unpaired) electrons. The molecule has 2 N–H and O–H groups in total. The Labute approximate surface area is 143 Å². The van der Waals surface area contributed by atoms with Crippen LogP contribution >= 0.6 is 11.6 Å². The van der Waals surface area contributed by atoms with E-state index in [1.165, 1.54) is 12.1 Å². The van der Waals surface area contributed by atoms with Gasteiger partial charge in [0.25, 0.3) is 11.5 Å². The Morgan fingerprint density at radius 3 is 2.80 bits per heavy atom. The van der Waals surface area contributed by atoms with Gasteiger partial charge in [-0.25, -0.2) is 9.78 Å². The van der Waals surface area contributed by atoms with Gasteiger partial charge in [-0.2, -0.15) is 13.2 Å². The number of fused-ring (bicyclic) bond motifs is 1. The number of carbonyl (C=O) groups excluding carboxylic acids is 2. The molecule has 25 heavy (non-hydrogen) atoms. The summed E-state index contributed by atoms with van der Waals surface area (Å²) in [5, 5.41) is 4.23. The molecule has 2 heterocycles. The molecular formula is C14H9ClF3N3O4. The van der Waals surface area contributed by atoms with Crippen molar-refractivity contribution in [2.24, 2.45) is 0 Å². The molecule has 0 aliphatic carbocycles. The highest BCUT2D eigenvalue weighted by Gasteiger charge is 2.62. The monoisotopic (exact) mass is 375 g/mol. The first-order valence-corrected chi connectivity index (χ1v) is 7.14. The van der Waals surface area contributed by atoms with Crippen LogP contribution in [0.15, 0.2) is 35.3 Å². The fourth-order valence-corrected chi connectivity index (χ4v) is 2.54. The summed E-state index contributed by atoms with van der Waals surface area (Å²) >= 11 is 5.79. The van der Waals surface area contributed by atoms with Gasteiger partial charge in [-0.05, 0) is 18.2 Å². The van der Waals surface area contributed by atoms with Gasteiger partial charge in [-0.3, -0.25) is 10.1 Å². The summed E-state index contributed by atoms with van der Waals surface area (Å²) in [6.07, 6.45) is -4.41. The lowest BCUT2D eigenvalue weighted by atomic mass is 9.89. The summed E-state index contributed by atoms with van der Waals surface area (Å²) in [4.78, 5) is 27.1. The first kappa shape index (κ1) is 17.1. The van der Waals surface area contributed by atoms with E-state index in [9.17, 15) is 22.8 Å². The maximum absolute atomic E-state index is 13.8. The lowest BCUT2D eigenvalue weighted by Crippen LogP contribution is -2.56. The number of nitrogens with one attached hydrogen (secondary N) is 2. The molecule has 1 aliphatic heterocycles. The van der Waals surface area contributed by atoms with Gasteiger partial charge in [0.2, 0.25) is 0 Å². The van der Waals surface area contributed by atoms with Crippen molar-refractivity contribution in [3.8, 4) is 0 Å². The minimum Gasteiger partial charge on any atom is -0.451 e. The molecule has 0 fully saturated rings.